The number of rotatable bonds is 3. The summed E-state index contributed by atoms with van der Waals surface area (Å²) >= 11 is 0. The molecule has 2 heterocycles. The van der Waals surface area contributed by atoms with E-state index in [9.17, 15) is 18.0 Å². The van der Waals surface area contributed by atoms with Gasteiger partial charge in [-0.05, 0) is 43.7 Å². The molecule has 0 radical (unpaired) electrons. The normalized spacial score (nSPS) is 24.3. The Morgan fingerprint density at radius 2 is 2.17 bits per heavy atom. The summed E-state index contributed by atoms with van der Waals surface area (Å²) in [7, 11) is 0. The number of aromatic nitrogens is 1. The second-order valence-corrected chi connectivity index (χ2v) is 6.44. The molecule has 132 valence electrons. The number of alkyl halides is 3. The van der Waals surface area contributed by atoms with Gasteiger partial charge in [-0.2, -0.15) is 13.2 Å². The molecule has 4 nitrogen and oxygen atoms in total. The number of ether oxygens (including phenoxy) is 1. The Kier molecular flexibility index (Phi) is 5.08. The third kappa shape index (κ3) is 3.88. The topological polar surface area (TPSA) is 42.4 Å². The lowest BCUT2D eigenvalue weighted by Gasteiger charge is -2.37. The smallest absolute Gasteiger partial charge is 0.379 e. The van der Waals surface area contributed by atoms with Gasteiger partial charge in [0.05, 0.1) is 24.3 Å². The Balaban J connectivity index is 1.85. The fourth-order valence-corrected chi connectivity index (χ4v) is 3.60. The quantitative estimate of drug-likeness (QED) is 0.848. The molecule has 1 amide bonds. The molecule has 1 fully saturated rings. The zero-order valence-corrected chi connectivity index (χ0v) is 13.4. The van der Waals surface area contributed by atoms with Gasteiger partial charge in [-0.1, -0.05) is 6.07 Å². The van der Waals surface area contributed by atoms with Crippen molar-refractivity contribution < 1.29 is 22.7 Å². The van der Waals surface area contributed by atoms with Crippen LogP contribution in [-0.4, -0.2) is 47.8 Å². The van der Waals surface area contributed by atoms with Crippen molar-refractivity contribution in [1.82, 2.24) is 9.88 Å². The number of nitrogens with zero attached hydrogens (tertiary/aromatic N) is 2. The summed E-state index contributed by atoms with van der Waals surface area (Å²) < 4.78 is 44.4. The number of fused-ring (bicyclic) bond motifs is 1. The number of pyridine rings is 1. The first-order valence-corrected chi connectivity index (χ1v) is 8.34. The van der Waals surface area contributed by atoms with Crippen molar-refractivity contribution in [2.24, 2.45) is 0 Å². The maximum absolute atomic E-state index is 13.0. The van der Waals surface area contributed by atoms with Gasteiger partial charge in [0.25, 0.3) is 0 Å². The molecule has 1 aromatic heterocycles. The number of hydrogen-bond donors (Lipinski definition) is 0. The molecule has 0 unspecified atom stereocenters. The average Bonchev–Trinajstić information content (AvgIpc) is 2.58. The van der Waals surface area contributed by atoms with Gasteiger partial charge >= 0.3 is 6.18 Å². The molecule has 24 heavy (non-hydrogen) atoms. The first kappa shape index (κ1) is 17.2. The van der Waals surface area contributed by atoms with E-state index < -0.39 is 30.6 Å². The summed E-state index contributed by atoms with van der Waals surface area (Å²) in [5.41, 5.74) is 1.60. The van der Waals surface area contributed by atoms with Crippen LogP contribution in [0.3, 0.4) is 0 Å². The minimum atomic E-state index is -4.42. The fourth-order valence-electron chi connectivity index (χ4n) is 3.60. The number of carbonyl (C=O) groups is 1. The first-order valence-electron chi connectivity index (χ1n) is 8.34. The highest BCUT2D eigenvalue weighted by atomic mass is 19.4. The lowest BCUT2D eigenvalue weighted by Crippen LogP contribution is -2.51. The van der Waals surface area contributed by atoms with E-state index in [1.165, 1.54) is 0 Å². The number of amides is 1. The van der Waals surface area contributed by atoms with E-state index in [0.717, 1.165) is 23.3 Å². The highest BCUT2D eigenvalue weighted by Gasteiger charge is 2.41. The van der Waals surface area contributed by atoms with Crippen molar-refractivity contribution in [2.75, 3.05) is 19.8 Å². The molecule has 2 atom stereocenters. The van der Waals surface area contributed by atoms with Crippen molar-refractivity contribution in [3.05, 3.63) is 29.6 Å². The van der Waals surface area contributed by atoms with Gasteiger partial charge in [-0.25, -0.2) is 0 Å². The zero-order chi connectivity index (χ0) is 17.2. The Morgan fingerprint density at radius 1 is 1.33 bits per heavy atom. The van der Waals surface area contributed by atoms with Crippen molar-refractivity contribution >= 4 is 5.91 Å². The Morgan fingerprint density at radius 3 is 2.88 bits per heavy atom. The van der Waals surface area contributed by atoms with Crippen LogP contribution in [0, 0.1) is 0 Å². The van der Waals surface area contributed by atoms with Gasteiger partial charge in [0.1, 0.15) is 6.54 Å². The lowest BCUT2D eigenvalue weighted by atomic mass is 9.85. The van der Waals surface area contributed by atoms with E-state index >= 15 is 0 Å². The maximum Gasteiger partial charge on any atom is 0.406 e. The van der Waals surface area contributed by atoms with E-state index in [2.05, 4.69) is 4.98 Å². The van der Waals surface area contributed by atoms with Crippen LogP contribution < -0.4 is 0 Å². The number of carbonyl (C=O) groups excluding carboxylic acids is 1. The minimum Gasteiger partial charge on any atom is -0.379 e. The molecule has 0 bridgehead atoms. The van der Waals surface area contributed by atoms with Gasteiger partial charge in [-0.3, -0.25) is 9.78 Å². The highest BCUT2D eigenvalue weighted by Crippen LogP contribution is 2.33. The van der Waals surface area contributed by atoms with Crippen LogP contribution in [-0.2, 0) is 16.0 Å². The Labute approximate surface area is 139 Å². The van der Waals surface area contributed by atoms with Gasteiger partial charge in [0, 0.05) is 12.8 Å². The second-order valence-electron chi connectivity index (χ2n) is 6.44. The molecule has 1 aliphatic carbocycles. The predicted octanol–water partition coefficient (Wildman–Crippen LogP) is 3.07. The van der Waals surface area contributed by atoms with Crippen molar-refractivity contribution in [3.8, 4) is 0 Å². The summed E-state index contributed by atoms with van der Waals surface area (Å²) in [5.74, 6) is -1.05. The average molecular weight is 342 g/mol. The van der Waals surface area contributed by atoms with Gasteiger partial charge in [-0.15, -0.1) is 0 Å². The molecular weight excluding hydrogens is 321 g/mol. The molecule has 0 aromatic carbocycles. The molecule has 1 aromatic rings. The van der Waals surface area contributed by atoms with Gasteiger partial charge < -0.3 is 9.64 Å². The summed E-state index contributed by atoms with van der Waals surface area (Å²) in [6.45, 7) is -0.513. The Hall–Kier alpha value is -1.63. The van der Waals surface area contributed by atoms with E-state index in [0.29, 0.717) is 31.6 Å². The maximum atomic E-state index is 13.0. The molecule has 3 rings (SSSR count). The molecule has 0 N–H and O–H groups in total. The van der Waals surface area contributed by atoms with Crippen LogP contribution in [0.25, 0.3) is 0 Å². The molecular formula is C17H21F3N2O2. The molecule has 2 aliphatic rings. The molecule has 0 saturated carbocycles. The first-order chi connectivity index (χ1) is 11.5. The van der Waals surface area contributed by atoms with Crippen LogP contribution in [0.2, 0.25) is 0 Å². The van der Waals surface area contributed by atoms with Crippen LogP contribution in [0.15, 0.2) is 18.3 Å². The van der Waals surface area contributed by atoms with Gasteiger partial charge in [0.15, 0.2) is 0 Å². The molecule has 1 saturated heterocycles. The summed E-state index contributed by atoms with van der Waals surface area (Å²) in [6.07, 6.45) is 0.548. The largest absolute Gasteiger partial charge is 0.406 e. The molecule has 1 aliphatic heterocycles. The zero-order valence-electron chi connectivity index (χ0n) is 13.4. The summed E-state index contributed by atoms with van der Waals surface area (Å²) in [6, 6.07) is 3.19. The lowest BCUT2D eigenvalue weighted by molar-refractivity contribution is -0.171. The third-order valence-electron chi connectivity index (χ3n) is 4.70. The highest BCUT2D eigenvalue weighted by molar-refractivity contribution is 5.84. The van der Waals surface area contributed by atoms with Crippen molar-refractivity contribution in [2.45, 2.75) is 50.2 Å². The summed E-state index contributed by atoms with van der Waals surface area (Å²) in [4.78, 5) is 18.2. The monoisotopic (exact) mass is 342 g/mol. The van der Waals surface area contributed by atoms with Crippen LogP contribution >= 0.6 is 0 Å². The van der Waals surface area contributed by atoms with E-state index in [1.54, 1.807) is 12.3 Å². The molecule has 0 spiro atoms. The number of hydrogen-bond acceptors (Lipinski definition) is 3. The Bertz CT molecular complexity index is 585. The van der Waals surface area contributed by atoms with E-state index in [1.807, 2.05) is 6.07 Å². The van der Waals surface area contributed by atoms with E-state index in [4.69, 9.17) is 4.74 Å². The SMILES string of the molecule is O=C([C@@H]1CCCc2cccnc21)N(CC(F)(F)F)[C@@H]1CCCOC1. The van der Waals surface area contributed by atoms with Gasteiger partial charge in [0.2, 0.25) is 5.91 Å². The van der Waals surface area contributed by atoms with Crippen LogP contribution in [0.4, 0.5) is 13.2 Å². The van der Waals surface area contributed by atoms with Crippen LogP contribution in [0.1, 0.15) is 42.9 Å². The minimum absolute atomic E-state index is 0.170. The van der Waals surface area contributed by atoms with Crippen LogP contribution in [0.5, 0.6) is 0 Å². The standard InChI is InChI=1S/C17H21F3N2O2/c18-17(19,20)11-22(13-6-3-9-24-10-13)16(23)14-7-1-4-12-5-2-8-21-15(12)14/h2,5,8,13-14H,1,3-4,6-7,9-11H2/t13-,14-/m1/s1. The number of aryl methyl sites for hydroxylation is 1. The van der Waals surface area contributed by atoms with Crippen molar-refractivity contribution in [3.63, 3.8) is 0 Å². The third-order valence-corrected chi connectivity index (χ3v) is 4.70. The summed E-state index contributed by atoms with van der Waals surface area (Å²) in [5, 5.41) is 0. The predicted molar refractivity (Wildman–Crippen MR) is 81.5 cm³/mol. The second kappa shape index (κ2) is 7.09. The number of halogens is 3. The fraction of sp³-hybridized carbons (Fsp3) is 0.647. The van der Waals surface area contributed by atoms with E-state index in [-0.39, 0.29) is 6.61 Å². The van der Waals surface area contributed by atoms with Crippen molar-refractivity contribution in [1.29, 1.82) is 0 Å². The molecule has 7 heteroatoms.